The predicted octanol–water partition coefficient (Wildman–Crippen LogP) is 5.26. The van der Waals surface area contributed by atoms with Crippen LogP contribution in [-0.2, 0) is 27.4 Å². The van der Waals surface area contributed by atoms with Crippen LogP contribution in [-0.4, -0.2) is 34.6 Å². The van der Waals surface area contributed by atoms with Gasteiger partial charge in [0.25, 0.3) is 0 Å². The molecule has 1 aromatic heterocycles. The summed E-state index contributed by atoms with van der Waals surface area (Å²) in [7, 11) is 1.35. The molecule has 0 aliphatic heterocycles. The molecule has 0 radical (unpaired) electrons. The van der Waals surface area contributed by atoms with Gasteiger partial charge in [0.15, 0.2) is 5.60 Å². The van der Waals surface area contributed by atoms with Gasteiger partial charge in [-0.15, -0.1) is 0 Å². The molecule has 0 N–H and O–H groups in total. The molecular weight excluding hydrogens is 428 g/mol. The minimum absolute atomic E-state index is 0.170. The molecule has 0 saturated heterocycles. The zero-order valence-electron chi connectivity index (χ0n) is 18.5. The van der Waals surface area contributed by atoms with Gasteiger partial charge in [-0.2, -0.15) is 5.10 Å². The highest BCUT2D eigenvalue weighted by Gasteiger charge is 2.30. The van der Waals surface area contributed by atoms with Crippen molar-refractivity contribution in [2.75, 3.05) is 7.11 Å². The van der Waals surface area contributed by atoms with Gasteiger partial charge in [0.05, 0.1) is 37.8 Å². The van der Waals surface area contributed by atoms with Crippen molar-refractivity contribution < 1.29 is 19.0 Å². The van der Waals surface area contributed by atoms with Gasteiger partial charge in [0.2, 0.25) is 0 Å². The number of benzene rings is 2. The maximum absolute atomic E-state index is 12.0. The number of hydrogen-bond acceptors (Lipinski definition) is 5. The summed E-state index contributed by atoms with van der Waals surface area (Å²) in [5, 5.41) is 5.44. The molecule has 3 aromatic rings. The Balaban J connectivity index is 1.64. The van der Waals surface area contributed by atoms with Crippen molar-refractivity contribution in [3.8, 4) is 17.0 Å². The molecule has 1 fully saturated rings. The van der Waals surface area contributed by atoms with Crippen LogP contribution >= 0.6 is 11.6 Å². The van der Waals surface area contributed by atoms with E-state index in [4.69, 9.17) is 30.9 Å². The first-order chi connectivity index (χ1) is 15.4. The third-order valence-electron chi connectivity index (χ3n) is 5.32. The molecule has 1 aliphatic rings. The van der Waals surface area contributed by atoms with Crippen molar-refractivity contribution in [2.45, 2.75) is 51.5 Å². The lowest BCUT2D eigenvalue weighted by molar-refractivity contribution is -0.166. The van der Waals surface area contributed by atoms with Crippen LogP contribution in [0.3, 0.4) is 0 Å². The van der Waals surface area contributed by atoms with Crippen LogP contribution in [0.25, 0.3) is 11.3 Å². The highest BCUT2D eigenvalue weighted by atomic mass is 35.5. The first-order valence-corrected chi connectivity index (χ1v) is 11.0. The SMILES string of the molecule is COC(=O)C(C)(C)OCc1cc(-c2cccc(OC3CC3)c2)n(Cc2ccccc2Cl)n1. The molecule has 0 bridgehead atoms. The van der Waals surface area contributed by atoms with Crippen molar-refractivity contribution >= 4 is 17.6 Å². The Kier molecular flexibility index (Phi) is 6.53. The fraction of sp³-hybridized carbons (Fsp3) is 0.360. The quantitative estimate of drug-likeness (QED) is 0.412. The lowest BCUT2D eigenvalue weighted by Crippen LogP contribution is -2.35. The molecule has 1 saturated carbocycles. The molecule has 0 unspecified atom stereocenters. The Hall–Kier alpha value is -2.83. The molecule has 1 heterocycles. The fourth-order valence-electron chi connectivity index (χ4n) is 3.35. The predicted molar refractivity (Wildman–Crippen MR) is 123 cm³/mol. The molecule has 2 aromatic carbocycles. The van der Waals surface area contributed by atoms with E-state index in [0.717, 1.165) is 35.4 Å². The van der Waals surface area contributed by atoms with E-state index < -0.39 is 11.6 Å². The van der Waals surface area contributed by atoms with E-state index in [9.17, 15) is 4.79 Å². The normalized spacial score (nSPS) is 13.8. The van der Waals surface area contributed by atoms with E-state index in [1.807, 2.05) is 59.3 Å². The number of halogens is 1. The number of aromatic nitrogens is 2. The van der Waals surface area contributed by atoms with Crippen molar-refractivity contribution in [1.82, 2.24) is 9.78 Å². The van der Waals surface area contributed by atoms with E-state index in [0.29, 0.717) is 23.4 Å². The lowest BCUT2D eigenvalue weighted by Gasteiger charge is -2.21. The van der Waals surface area contributed by atoms with Crippen LogP contribution < -0.4 is 4.74 Å². The maximum atomic E-state index is 12.0. The molecule has 6 nitrogen and oxygen atoms in total. The topological polar surface area (TPSA) is 62.6 Å². The summed E-state index contributed by atoms with van der Waals surface area (Å²) in [6, 6.07) is 17.7. The van der Waals surface area contributed by atoms with Gasteiger partial charge in [-0.05, 0) is 56.5 Å². The second-order valence-corrected chi connectivity index (χ2v) is 8.81. The van der Waals surface area contributed by atoms with Crippen LogP contribution in [0.2, 0.25) is 5.02 Å². The first-order valence-electron chi connectivity index (χ1n) is 10.7. The molecule has 1 aliphatic carbocycles. The molecule has 168 valence electrons. The smallest absolute Gasteiger partial charge is 0.337 e. The fourth-order valence-corrected chi connectivity index (χ4v) is 3.54. The Labute approximate surface area is 193 Å². The minimum Gasteiger partial charge on any atom is -0.490 e. The molecule has 32 heavy (non-hydrogen) atoms. The van der Waals surface area contributed by atoms with Crippen LogP contribution in [0.15, 0.2) is 54.6 Å². The summed E-state index contributed by atoms with van der Waals surface area (Å²) in [5.41, 5.74) is 2.50. The van der Waals surface area contributed by atoms with Crippen molar-refractivity contribution in [3.05, 3.63) is 70.9 Å². The first kappa shape index (κ1) is 22.4. The number of carbonyl (C=O) groups excluding carboxylic acids is 1. The third-order valence-corrected chi connectivity index (χ3v) is 5.69. The standard InChI is InChI=1S/C25H27ClN2O4/c1-25(2,24(29)30-3)31-16-19-14-23(17-8-6-9-21(13-17)32-20-11-12-20)28(27-19)15-18-7-4-5-10-22(18)26/h4-10,13-14,20H,11-12,15-16H2,1-3H3. The Morgan fingerprint density at radius 3 is 2.66 bits per heavy atom. The summed E-state index contributed by atoms with van der Waals surface area (Å²) in [5.74, 6) is 0.415. The van der Waals surface area contributed by atoms with E-state index >= 15 is 0 Å². The zero-order valence-corrected chi connectivity index (χ0v) is 19.3. The summed E-state index contributed by atoms with van der Waals surface area (Å²) in [6.07, 6.45) is 2.53. The highest BCUT2D eigenvalue weighted by molar-refractivity contribution is 6.31. The van der Waals surface area contributed by atoms with Crippen LogP contribution in [0.5, 0.6) is 5.75 Å². The third kappa shape index (κ3) is 5.31. The van der Waals surface area contributed by atoms with Crippen molar-refractivity contribution in [3.63, 3.8) is 0 Å². The molecule has 7 heteroatoms. The Morgan fingerprint density at radius 2 is 1.94 bits per heavy atom. The second-order valence-electron chi connectivity index (χ2n) is 8.41. The average molecular weight is 455 g/mol. The monoisotopic (exact) mass is 454 g/mol. The number of carbonyl (C=O) groups is 1. The van der Waals surface area contributed by atoms with E-state index in [-0.39, 0.29) is 6.61 Å². The molecular formula is C25H27ClN2O4. The van der Waals surface area contributed by atoms with Crippen LogP contribution in [0.1, 0.15) is 37.9 Å². The lowest BCUT2D eigenvalue weighted by atomic mass is 10.1. The van der Waals surface area contributed by atoms with Crippen LogP contribution in [0.4, 0.5) is 0 Å². The number of ether oxygens (including phenoxy) is 3. The van der Waals surface area contributed by atoms with E-state index in [1.54, 1.807) is 13.8 Å². The van der Waals surface area contributed by atoms with Gasteiger partial charge in [-0.3, -0.25) is 4.68 Å². The largest absolute Gasteiger partial charge is 0.490 e. The Morgan fingerprint density at radius 1 is 1.16 bits per heavy atom. The average Bonchev–Trinajstić information content (AvgIpc) is 3.50. The Bertz CT molecular complexity index is 1100. The van der Waals surface area contributed by atoms with E-state index in [2.05, 4.69) is 0 Å². The number of rotatable bonds is 9. The van der Waals surface area contributed by atoms with Gasteiger partial charge in [-0.25, -0.2) is 4.79 Å². The van der Waals surface area contributed by atoms with E-state index in [1.165, 1.54) is 7.11 Å². The summed E-state index contributed by atoms with van der Waals surface area (Å²) in [4.78, 5) is 12.0. The minimum atomic E-state index is -1.07. The van der Waals surface area contributed by atoms with Gasteiger partial charge in [0, 0.05) is 10.6 Å². The number of esters is 1. The summed E-state index contributed by atoms with van der Waals surface area (Å²) >= 11 is 6.40. The van der Waals surface area contributed by atoms with Crippen molar-refractivity contribution in [1.29, 1.82) is 0 Å². The number of methoxy groups -OCH3 is 1. The number of hydrogen-bond donors (Lipinski definition) is 0. The van der Waals surface area contributed by atoms with Gasteiger partial charge in [0.1, 0.15) is 5.75 Å². The summed E-state index contributed by atoms with van der Waals surface area (Å²) < 4.78 is 18.5. The zero-order chi connectivity index (χ0) is 22.7. The highest BCUT2D eigenvalue weighted by Crippen LogP contribution is 2.31. The van der Waals surface area contributed by atoms with Gasteiger partial charge < -0.3 is 14.2 Å². The maximum Gasteiger partial charge on any atom is 0.337 e. The van der Waals surface area contributed by atoms with Gasteiger partial charge in [-0.1, -0.05) is 41.9 Å². The van der Waals surface area contributed by atoms with Crippen LogP contribution in [0, 0.1) is 0 Å². The molecule has 0 atom stereocenters. The molecule has 4 rings (SSSR count). The van der Waals surface area contributed by atoms with Crippen molar-refractivity contribution in [2.24, 2.45) is 0 Å². The second kappa shape index (κ2) is 9.35. The number of nitrogens with zero attached hydrogens (tertiary/aromatic N) is 2. The molecule has 0 amide bonds. The summed E-state index contributed by atoms with van der Waals surface area (Å²) in [6.45, 7) is 4.03. The van der Waals surface area contributed by atoms with Gasteiger partial charge >= 0.3 is 5.97 Å². The molecule has 0 spiro atoms.